The maximum absolute atomic E-state index is 5.72. The second-order valence-corrected chi connectivity index (χ2v) is 5.85. The van der Waals surface area contributed by atoms with Gasteiger partial charge in [0.2, 0.25) is 0 Å². The third-order valence-corrected chi connectivity index (χ3v) is 4.38. The van der Waals surface area contributed by atoms with Crippen molar-refractivity contribution in [3.05, 3.63) is 47.4 Å². The first-order chi connectivity index (χ1) is 11.2. The number of hydrogen-bond acceptors (Lipinski definition) is 5. The number of hydrogen-bond donors (Lipinski definition) is 1. The Labute approximate surface area is 134 Å². The van der Waals surface area contributed by atoms with Gasteiger partial charge in [0.1, 0.15) is 5.82 Å². The van der Waals surface area contributed by atoms with E-state index in [0.29, 0.717) is 13.2 Å². The van der Waals surface area contributed by atoms with E-state index in [0.717, 1.165) is 34.8 Å². The minimum Gasteiger partial charge on any atom is -0.377 e. The van der Waals surface area contributed by atoms with Crippen molar-refractivity contribution in [2.75, 3.05) is 24.7 Å². The second-order valence-electron chi connectivity index (χ2n) is 5.85. The molecular formula is C17H19N5O. The maximum Gasteiger partial charge on any atom is 0.148 e. The SMILES string of the molecule is Cc1n[nH]c(C)c1[C@H]1COCCN1c1cnc2ccccc2n1. The molecule has 6 heteroatoms. The van der Waals surface area contributed by atoms with E-state index < -0.39 is 0 Å². The predicted molar refractivity (Wildman–Crippen MR) is 88.5 cm³/mol. The van der Waals surface area contributed by atoms with Crippen LogP contribution in [0.3, 0.4) is 0 Å². The lowest BCUT2D eigenvalue weighted by molar-refractivity contribution is 0.0934. The van der Waals surface area contributed by atoms with Gasteiger partial charge in [-0.1, -0.05) is 12.1 Å². The first kappa shape index (κ1) is 14.1. The number of nitrogens with zero attached hydrogens (tertiary/aromatic N) is 4. The molecule has 2 aromatic heterocycles. The van der Waals surface area contributed by atoms with Crippen LogP contribution in [0.2, 0.25) is 0 Å². The molecule has 0 bridgehead atoms. The Kier molecular flexibility index (Phi) is 3.46. The Morgan fingerprint density at radius 1 is 1.22 bits per heavy atom. The van der Waals surface area contributed by atoms with Gasteiger partial charge < -0.3 is 9.64 Å². The van der Waals surface area contributed by atoms with Gasteiger partial charge in [-0.05, 0) is 26.0 Å². The van der Waals surface area contributed by atoms with Gasteiger partial charge in [0.05, 0.1) is 42.2 Å². The zero-order chi connectivity index (χ0) is 15.8. The number of fused-ring (bicyclic) bond motifs is 1. The fourth-order valence-electron chi connectivity index (χ4n) is 3.25. The van der Waals surface area contributed by atoms with Crippen molar-refractivity contribution in [1.29, 1.82) is 0 Å². The summed E-state index contributed by atoms with van der Waals surface area (Å²) in [5, 5.41) is 7.39. The third kappa shape index (κ3) is 2.45. The minimum absolute atomic E-state index is 0.109. The summed E-state index contributed by atoms with van der Waals surface area (Å²) in [7, 11) is 0. The van der Waals surface area contributed by atoms with Crippen molar-refractivity contribution in [2.45, 2.75) is 19.9 Å². The Hall–Kier alpha value is -2.47. The van der Waals surface area contributed by atoms with Crippen molar-refractivity contribution in [2.24, 2.45) is 0 Å². The largest absolute Gasteiger partial charge is 0.377 e. The molecule has 1 fully saturated rings. The lowest BCUT2D eigenvalue weighted by Crippen LogP contribution is -2.40. The number of H-pyrrole nitrogens is 1. The highest BCUT2D eigenvalue weighted by atomic mass is 16.5. The van der Waals surface area contributed by atoms with Crippen LogP contribution in [0.1, 0.15) is 23.0 Å². The van der Waals surface area contributed by atoms with Gasteiger partial charge in [-0.3, -0.25) is 10.1 Å². The van der Waals surface area contributed by atoms with Crippen LogP contribution in [0.5, 0.6) is 0 Å². The minimum atomic E-state index is 0.109. The molecule has 1 aliphatic heterocycles. The topological polar surface area (TPSA) is 66.9 Å². The number of rotatable bonds is 2. The molecule has 3 aromatic rings. The van der Waals surface area contributed by atoms with Crippen LogP contribution >= 0.6 is 0 Å². The molecule has 1 saturated heterocycles. The number of para-hydroxylation sites is 2. The van der Waals surface area contributed by atoms with E-state index in [1.807, 2.05) is 44.3 Å². The monoisotopic (exact) mass is 309 g/mol. The Morgan fingerprint density at radius 2 is 2.04 bits per heavy atom. The van der Waals surface area contributed by atoms with Crippen LogP contribution in [0, 0.1) is 13.8 Å². The second kappa shape index (κ2) is 5.62. The van der Waals surface area contributed by atoms with Crippen molar-refractivity contribution >= 4 is 16.9 Å². The van der Waals surface area contributed by atoms with E-state index in [-0.39, 0.29) is 6.04 Å². The van der Waals surface area contributed by atoms with Gasteiger partial charge in [0, 0.05) is 17.8 Å². The van der Waals surface area contributed by atoms with Crippen LogP contribution in [-0.2, 0) is 4.74 Å². The summed E-state index contributed by atoms with van der Waals surface area (Å²) < 4.78 is 5.72. The van der Waals surface area contributed by atoms with Crippen molar-refractivity contribution < 1.29 is 4.74 Å². The number of benzene rings is 1. The van der Waals surface area contributed by atoms with E-state index >= 15 is 0 Å². The first-order valence-electron chi connectivity index (χ1n) is 7.81. The molecule has 0 unspecified atom stereocenters. The van der Waals surface area contributed by atoms with Crippen LogP contribution in [-0.4, -0.2) is 39.9 Å². The standard InChI is InChI=1S/C17H19N5O/c1-11-17(12(2)21-20-11)15-10-23-8-7-22(15)16-9-18-13-5-3-4-6-14(13)19-16/h3-6,9,15H,7-8,10H2,1-2H3,(H,20,21)/t15-/m1/s1. The van der Waals surface area contributed by atoms with E-state index in [9.17, 15) is 0 Å². The van der Waals surface area contributed by atoms with Crippen LogP contribution in [0.25, 0.3) is 11.0 Å². The van der Waals surface area contributed by atoms with E-state index in [1.54, 1.807) is 0 Å². The molecule has 1 aromatic carbocycles. The Bertz CT molecular complexity index is 824. The predicted octanol–water partition coefficient (Wildman–Crippen LogP) is 2.55. The molecule has 3 heterocycles. The molecule has 4 rings (SSSR count). The first-order valence-corrected chi connectivity index (χ1v) is 7.81. The number of aromatic amines is 1. The molecule has 0 saturated carbocycles. The van der Waals surface area contributed by atoms with Gasteiger partial charge in [-0.25, -0.2) is 4.98 Å². The fourth-order valence-corrected chi connectivity index (χ4v) is 3.25. The van der Waals surface area contributed by atoms with Crippen molar-refractivity contribution in [3.63, 3.8) is 0 Å². The molecule has 1 atom stereocenters. The molecule has 0 aliphatic carbocycles. The van der Waals surface area contributed by atoms with E-state index in [4.69, 9.17) is 9.72 Å². The summed E-state index contributed by atoms with van der Waals surface area (Å²) in [6, 6.07) is 8.05. The van der Waals surface area contributed by atoms with Gasteiger partial charge in [0.15, 0.2) is 0 Å². The van der Waals surface area contributed by atoms with Crippen LogP contribution in [0.4, 0.5) is 5.82 Å². The summed E-state index contributed by atoms with van der Waals surface area (Å²) in [6.45, 7) is 6.20. The average Bonchev–Trinajstić information content (AvgIpc) is 2.93. The normalized spacial score (nSPS) is 18.5. The number of aromatic nitrogens is 4. The molecule has 1 N–H and O–H groups in total. The Morgan fingerprint density at radius 3 is 2.83 bits per heavy atom. The van der Waals surface area contributed by atoms with E-state index in [1.165, 1.54) is 5.56 Å². The number of aryl methyl sites for hydroxylation is 2. The number of morpholine rings is 1. The molecule has 0 radical (unpaired) electrons. The van der Waals surface area contributed by atoms with Gasteiger partial charge in [-0.2, -0.15) is 5.10 Å². The average molecular weight is 309 g/mol. The quantitative estimate of drug-likeness (QED) is 0.788. The fraction of sp³-hybridized carbons (Fsp3) is 0.353. The molecular weight excluding hydrogens is 290 g/mol. The number of anilines is 1. The lowest BCUT2D eigenvalue weighted by atomic mass is 10.0. The van der Waals surface area contributed by atoms with Gasteiger partial charge in [0.25, 0.3) is 0 Å². The smallest absolute Gasteiger partial charge is 0.148 e. The summed E-state index contributed by atoms with van der Waals surface area (Å²) >= 11 is 0. The van der Waals surface area contributed by atoms with Crippen LogP contribution < -0.4 is 4.90 Å². The van der Waals surface area contributed by atoms with E-state index in [2.05, 4.69) is 20.1 Å². The molecule has 0 amide bonds. The van der Waals surface area contributed by atoms with Crippen molar-refractivity contribution in [1.82, 2.24) is 20.2 Å². The summed E-state index contributed by atoms with van der Waals surface area (Å²) in [4.78, 5) is 11.6. The number of nitrogens with one attached hydrogen (secondary N) is 1. The highest BCUT2D eigenvalue weighted by Gasteiger charge is 2.29. The zero-order valence-corrected chi connectivity index (χ0v) is 13.3. The summed E-state index contributed by atoms with van der Waals surface area (Å²) in [5.74, 6) is 0.886. The van der Waals surface area contributed by atoms with Gasteiger partial charge >= 0.3 is 0 Å². The molecule has 6 nitrogen and oxygen atoms in total. The summed E-state index contributed by atoms with van der Waals surface area (Å²) in [5.41, 5.74) is 5.11. The molecule has 0 spiro atoms. The highest BCUT2D eigenvalue weighted by molar-refractivity contribution is 5.75. The number of ether oxygens (including phenoxy) is 1. The Balaban J connectivity index is 1.77. The van der Waals surface area contributed by atoms with Crippen LogP contribution in [0.15, 0.2) is 30.5 Å². The summed E-state index contributed by atoms with van der Waals surface area (Å²) in [6.07, 6.45) is 1.85. The third-order valence-electron chi connectivity index (χ3n) is 4.38. The van der Waals surface area contributed by atoms with Gasteiger partial charge in [-0.15, -0.1) is 0 Å². The lowest BCUT2D eigenvalue weighted by Gasteiger charge is -2.36. The maximum atomic E-state index is 5.72. The van der Waals surface area contributed by atoms with Crippen molar-refractivity contribution in [3.8, 4) is 0 Å². The molecule has 1 aliphatic rings. The molecule has 23 heavy (non-hydrogen) atoms. The highest BCUT2D eigenvalue weighted by Crippen LogP contribution is 2.31. The molecule has 118 valence electrons. The zero-order valence-electron chi connectivity index (χ0n) is 13.3.